The molecule has 43 heavy (non-hydrogen) atoms. The van der Waals surface area contributed by atoms with Crippen molar-refractivity contribution in [2.75, 3.05) is 6.54 Å². The van der Waals surface area contributed by atoms with Gasteiger partial charge in [-0.3, -0.25) is 4.79 Å². The summed E-state index contributed by atoms with van der Waals surface area (Å²) in [5.74, 6) is 0.801. The van der Waals surface area contributed by atoms with Crippen molar-refractivity contribution in [3.8, 4) is 11.4 Å². The topological polar surface area (TPSA) is 114 Å². The molecule has 0 aromatic carbocycles. The van der Waals surface area contributed by atoms with Gasteiger partial charge >= 0.3 is 6.09 Å². The number of carbonyl (C=O) groups excluding carboxylic acids is 2. The Labute approximate surface area is 251 Å². The van der Waals surface area contributed by atoms with Crippen LogP contribution in [0.2, 0.25) is 0 Å². The zero-order valence-corrected chi connectivity index (χ0v) is 25.5. The van der Waals surface area contributed by atoms with Gasteiger partial charge in [-0.05, 0) is 102 Å². The number of amides is 2. The molecule has 4 aromatic heterocycles. The van der Waals surface area contributed by atoms with Gasteiger partial charge < -0.3 is 24.6 Å². The van der Waals surface area contributed by atoms with Crippen molar-refractivity contribution in [3.05, 3.63) is 53.3 Å². The van der Waals surface area contributed by atoms with Crippen LogP contribution in [0.4, 0.5) is 4.79 Å². The number of hydrogen-bond donors (Lipinski definition) is 2. The molecule has 2 saturated carbocycles. The fourth-order valence-electron chi connectivity index (χ4n) is 6.91. The van der Waals surface area contributed by atoms with E-state index in [1.807, 2.05) is 60.6 Å². The maximum absolute atomic E-state index is 13.8. The van der Waals surface area contributed by atoms with E-state index in [2.05, 4.69) is 22.9 Å². The predicted molar refractivity (Wildman–Crippen MR) is 163 cm³/mol. The number of aryl methyl sites for hydroxylation is 1. The molecule has 2 N–H and O–H groups in total. The highest BCUT2D eigenvalue weighted by Crippen LogP contribution is 2.40. The molecule has 4 atom stereocenters. The fourth-order valence-corrected chi connectivity index (χ4v) is 6.91. The molecule has 3 fully saturated rings. The van der Waals surface area contributed by atoms with Crippen LogP contribution in [0.15, 0.2) is 36.5 Å². The van der Waals surface area contributed by atoms with Crippen LogP contribution in [0.25, 0.3) is 27.9 Å². The summed E-state index contributed by atoms with van der Waals surface area (Å²) in [5.41, 5.74) is 5.37. The SMILES string of the molecule is Cc1c(-c2cc3ccc(C(C)O)nc3n2CC2CC2)nn2cc(C(=O)N3CC4CCC3[C@@H]4NC(=O)OC(C)(C)C)ccc12. The number of aromatic nitrogens is 4. The van der Waals surface area contributed by atoms with E-state index in [4.69, 9.17) is 14.8 Å². The second-order valence-electron chi connectivity index (χ2n) is 13.7. The van der Waals surface area contributed by atoms with Crippen LogP contribution >= 0.6 is 0 Å². The second kappa shape index (κ2) is 10.1. The van der Waals surface area contributed by atoms with Crippen molar-refractivity contribution in [1.82, 2.24) is 29.4 Å². The Morgan fingerprint density at radius 1 is 1.14 bits per heavy atom. The Balaban J connectivity index is 1.18. The summed E-state index contributed by atoms with van der Waals surface area (Å²) in [7, 11) is 0. The number of ether oxygens (including phenoxy) is 1. The zero-order valence-electron chi connectivity index (χ0n) is 25.5. The second-order valence-corrected chi connectivity index (χ2v) is 13.7. The van der Waals surface area contributed by atoms with Gasteiger partial charge in [-0.1, -0.05) is 0 Å². The quantitative estimate of drug-likeness (QED) is 0.320. The predicted octanol–water partition coefficient (Wildman–Crippen LogP) is 5.25. The van der Waals surface area contributed by atoms with Gasteiger partial charge in [0.15, 0.2) is 0 Å². The van der Waals surface area contributed by atoms with E-state index in [1.54, 1.807) is 6.92 Å². The van der Waals surface area contributed by atoms with Crippen LogP contribution in [0.3, 0.4) is 0 Å². The molecular formula is C33H40N6O4. The Hall–Kier alpha value is -3.92. The number of nitrogens with zero attached hydrogens (tertiary/aromatic N) is 5. The monoisotopic (exact) mass is 584 g/mol. The van der Waals surface area contributed by atoms with E-state index in [1.165, 1.54) is 12.8 Å². The normalized spacial score (nSPS) is 22.5. The molecule has 1 saturated heterocycles. The summed E-state index contributed by atoms with van der Waals surface area (Å²) in [5, 5.41) is 19.2. The fraction of sp³-hybridized carbons (Fsp3) is 0.515. The summed E-state index contributed by atoms with van der Waals surface area (Å²) in [6.45, 7) is 10.8. The van der Waals surface area contributed by atoms with Gasteiger partial charge in [0.2, 0.25) is 0 Å². The molecular weight excluding hydrogens is 544 g/mol. The zero-order chi connectivity index (χ0) is 30.2. The van der Waals surface area contributed by atoms with E-state index in [-0.39, 0.29) is 23.9 Å². The molecule has 2 aliphatic carbocycles. The number of nitrogens with one attached hydrogen (secondary N) is 1. The Morgan fingerprint density at radius 3 is 2.65 bits per heavy atom. The molecule has 10 nitrogen and oxygen atoms in total. The lowest BCUT2D eigenvalue weighted by atomic mass is 10.1. The highest BCUT2D eigenvalue weighted by molar-refractivity contribution is 5.95. The standard InChI is InChI=1S/C33H40N6O4/c1-18-25-12-10-23(31(41)38-16-22-9-13-26(38)29(22)35-32(42)43-33(3,4)5)17-39(25)36-28(18)27-14-21-8-11-24(19(2)40)34-30(21)37(27)15-20-6-7-20/h8,10-12,14,17,19-20,22,26,29,40H,6-7,9,13,15-16H2,1-5H3,(H,35,42)/t19?,22?,26?,29-/m1/s1. The van der Waals surface area contributed by atoms with Crippen molar-refractivity contribution in [3.63, 3.8) is 0 Å². The van der Waals surface area contributed by atoms with E-state index in [0.29, 0.717) is 23.7 Å². The van der Waals surface area contributed by atoms with Crippen LogP contribution in [-0.4, -0.2) is 65.4 Å². The maximum atomic E-state index is 13.8. The molecule has 0 radical (unpaired) electrons. The van der Waals surface area contributed by atoms with Crippen molar-refractivity contribution in [1.29, 1.82) is 0 Å². The number of likely N-dealkylation sites (tertiary alicyclic amines) is 1. The average Bonchev–Trinajstić information content (AvgIpc) is 3.31. The van der Waals surface area contributed by atoms with Gasteiger partial charge in [0.25, 0.3) is 5.91 Å². The van der Waals surface area contributed by atoms with Crippen molar-refractivity contribution < 1.29 is 19.4 Å². The van der Waals surface area contributed by atoms with Gasteiger partial charge in [0, 0.05) is 30.2 Å². The summed E-state index contributed by atoms with van der Waals surface area (Å²) in [6.07, 6.45) is 5.02. The van der Waals surface area contributed by atoms with Crippen molar-refractivity contribution in [2.45, 2.75) is 90.6 Å². The molecule has 2 bridgehead atoms. The molecule has 1 aliphatic heterocycles. The van der Waals surface area contributed by atoms with Crippen LogP contribution in [0.5, 0.6) is 0 Å². The largest absolute Gasteiger partial charge is 0.444 e. The number of rotatable bonds is 6. The van der Waals surface area contributed by atoms with Gasteiger partial charge in [0.05, 0.1) is 40.7 Å². The lowest BCUT2D eigenvalue weighted by molar-refractivity contribution is 0.0485. The van der Waals surface area contributed by atoms with E-state index < -0.39 is 17.8 Å². The van der Waals surface area contributed by atoms with Crippen molar-refractivity contribution >= 4 is 28.6 Å². The van der Waals surface area contributed by atoms with Gasteiger partial charge in [-0.15, -0.1) is 0 Å². The lowest BCUT2D eigenvalue weighted by Gasteiger charge is -2.28. The van der Waals surface area contributed by atoms with E-state index in [0.717, 1.165) is 52.9 Å². The lowest BCUT2D eigenvalue weighted by Crippen LogP contribution is -2.46. The minimum absolute atomic E-state index is 0.0440. The maximum Gasteiger partial charge on any atom is 0.407 e. The molecule has 4 aromatic rings. The third kappa shape index (κ3) is 5.05. The minimum atomic E-state index is -0.640. The first-order chi connectivity index (χ1) is 20.5. The van der Waals surface area contributed by atoms with Gasteiger partial charge in [-0.25, -0.2) is 14.3 Å². The summed E-state index contributed by atoms with van der Waals surface area (Å²) < 4.78 is 9.55. The number of pyridine rings is 2. The average molecular weight is 585 g/mol. The Morgan fingerprint density at radius 2 is 1.93 bits per heavy atom. The Bertz CT molecular complexity index is 1740. The first-order valence-corrected chi connectivity index (χ1v) is 15.4. The van der Waals surface area contributed by atoms with Crippen LogP contribution in [-0.2, 0) is 11.3 Å². The number of hydrogen-bond acceptors (Lipinski definition) is 6. The first-order valence-electron chi connectivity index (χ1n) is 15.4. The highest BCUT2D eigenvalue weighted by Gasteiger charge is 2.49. The van der Waals surface area contributed by atoms with Gasteiger partial charge in [-0.2, -0.15) is 5.10 Å². The molecule has 5 heterocycles. The molecule has 10 heteroatoms. The highest BCUT2D eigenvalue weighted by atomic mass is 16.6. The molecule has 7 rings (SSSR count). The molecule has 3 aliphatic rings. The molecule has 0 spiro atoms. The summed E-state index contributed by atoms with van der Waals surface area (Å²) in [4.78, 5) is 33.0. The third-order valence-corrected chi connectivity index (χ3v) is 9.23. The number of alkyl carbamates (subject to hydrolysis) is 1. The number of piperidine rings is 1. The minimum Gasteiger partial charge on any atom is -0.444 e. The van der Waals surface area contributed by atoms with E-state index >= 15 is 0 Å². The van der Waals surface area contributed by atoms with Crippen LogP contribution < -0.4 is 5.32 Å². The van der Waals surface area contributed by atoms with E-state index in [9.17, 15) is 14.7 Å². The third-order valence-electron chi connectivity index (χ3n) is 9.23. The molecule has 2 amide bonds. The molecule has 3 unspecified atom stereocenters. The molecule has 226 valence electrons. The van der Waals surface area contributed by atoms with Crippen LogP contribution in [0.1, 0.15) is 81.1 Å². The Kier molecular flexibility index (Phi) is 6.54. The smallest absolute Gasteiger partial charge is 0.407 e. The van der Waals surface area contributed by atoms with Crippen LogP contribution in [0, 0.1) is 18.8 Å². The van der Waals surface area contributed by atoms with Gasteiger partial charge in [0.1, 0.15) is 16.9 Å². The summed E-state index contributed by atoms with van der Waals surface area (Å²) in [6, 6.07) is 9.75. The number of fused-ring (bicyclic) bond motifs is 4. The number of carbonyl (C=O) groups is 2. The first kappa shape index (κ1) is 27.9. The summed E-state index contributed by atoms with van der Waals surface area (Å²) >= 11 is 0. The number of aliphatic hydroxyl groups is 1. The number of aliphatic hydroxyl groups excluding tert-OH is 1. The van der Waals surface area contributed by atoms with Crippen molar-refractivity contribution in [2.24, 2.45) is 11.8 Å².